The van der Waals surface area contributed by atoms with Crippen molar-refractivity contribution in [2.24, 2.45) is 0 Å². The lowest BCUT2D eigenvalue weighted by atomic mass is 9.98. The van der Waals surface area contributed by atoms with E-state index in [9.17, 15) is 10.1 Å². The predicted octanol–water partition coefficient (Wildman–Crippen LogP) is 4.12. The number of benzene rings is 2. The van der Waals surface area contributed by atoms with Gasteiger partial charge < -0.3 is 11.1 Å². The lowest BCUT2D eigenvalue weighted by molar-refractivity contribution is 0.729. The predicted molar refractivity (Wildman–Crippen MR) is 153 cm³/mol. The molecule has 0 amide bonds. The average Bonchev–Trinajstić information content (AvgIpc) is 2.97. The van der Waals surface area contributed by atoms with Gasteiger partial charge in [0.15, 0.2) is 0 Å². The van der Waals surface area contributed by atoms with Crippen LogP contribution in [0.25, 0.3) is 16.6 Å². The molecule has 5 rings (SSSR count). The Morgan fingerprint density at radius 2 is 1.85 bits per heavy atom. The Morgan fingerprint density at radius 1 is 1.02 bits per heavy atom. The molecule has 0 saturated heterocycles. The van der Waals surface area contributed by atoms with Crippen molar-refractivity contribution in [2.75, 3.05) is 11.1 Å². The van der Waals surface area contributed by atoms with Gasteiger partial charge in [-0.15, -0.1) is 0 Å². The van der Waals surface area contributed by atoms with Crippen LogP contribution in [0.2, 0.25) is 0 Å². The summed E-state index contributed by atoms with van der Waals surface area (Å²) in [5, 5.41) is 13.4. The molecule has 0 fully saturated rings. The van der Waals surface area contributed by atoms with Gasteiger partial charge in [-0.1, -0.05) is 38.0 Å². The van der Waals surface area contributed by atoms with Gasteiger partial charge in [-0.25, -0.2) is 19.9 Å². The first-order chi connectivity index (χ1) is 19.4. The summed E-state index contributed by atoms with van der Waals surface area (Å²) < 4.78 is 1.54. The van der Waals surface area contributed by atoms with Gasteiger partial charge in [0.1, 0.15) is 35.0 Å². The van der Waals surface area contributed by atoms with Crippen LogP contribution in [0.15, 0.2) is 72.2 Å². The second kappa shape index (κ2) is 11.0. The Kier molecular flexibility index (Phi) is 7.16. The molecule has 0 aliphatic rings. The van der Waals surface area contributed by atoms with E-state index in [1.54, 1.807) is 47.4 Å². The zero-order chi connectivity index (χ0) is 28.2. The highest BCUT2D eigenvalue weighted by Gasteiger charge is 2.22. The zero-order valence-electron chi connectivity index (χ0n) is 22.1. The summed E-state index contributed by atoms with van der Waals surface area (Å²) in [6, 6.07) is 14.2. The number of hydrogen-bond acceptors (Lipinski definition) is 9. The molecule has 1 unspecified atom stereocenters. The maximum absolute atomic E-state index is 14.1. The molecule has 2 aromatic carbocycles. The number of aromatic nitrogens is 6. The molecule has 3 heterocycles. The van der Waals surface area contributed by atoms with Gasteiger partial charge >= 0.3 is 0 Å². The summed E-state index contributed by atoms with van der Waals surface area (Å²) in [6.45, 7) is 5.94. The van der Waals surface area contributed by atoms with E-state index in [2.05, 4.69) is 43.2 Å². The summed E-state index contributed by atoms with van der Waals surface area (Å²) in [6.07, 6.45) is 5.99. The van der Waals surface area contributed by atoms with Crippen LogP contribution in [0.3, 0.4) is 0 Å². The third-order valence-electron chi connectivity index (χ3n) is 6.31. The number of nitrogen functional groups attached to an aromatic ring is 1. The molecule has 0 saturated carbocycles. The molecule has 1 atom stereocenters. The third kappa shape index (κ3) is 5.06. The number of nitriles is 1. The van der Waals surface area contributed by atoms with E-state index in [4.69, 9.17) is 10.7 Å². The molecule has 5 aromatic rings. The van der Waals surface area contributed by atoms with Crippen LogP contribution in [0.5, 0.6) is 0 Å². The largest absolute Gasteiger partial charge is 0.382 e. The molecule has 0 aliphatic carbocycles. The standard InChI is InChI=1S/C30H25N9O/c1-18(2)23-8-5-9-25-26(23)30(40)39(22-7-4-6-20(14-22)15-31)29(38-25)19(3)37-28-24(27(32)35-17-36-28)11-10-21-16-33-12-13-34-21/h4-9,12-14,16-19H,1-3H3,(H3,32,35,36,37). The highest BCUT2D eigenvalue weighted by Crippen LogP contribution is 2.27. The Bertz CT molecular complexity index is 1880. The van der Waals surface area contributed by atoms with Crippen molar-refractivity contribution in [3.05, 3.63) is 106 Å². The summed E-state index contributed by atoms with van der Waals surface area (Å²) in [4.78, 5) is 35.7. The fourth-order valence-corrected chi connectivity index (χ4v) is 4.40. The van der Waals surface area contributed by atoms with Crippen LogP contribution in [-0.2, 0) is 0 Å². The number of hydrogen-bond donors (Lipinski definition) is 2. The molecule has 0 aliphatic heterocycles. The molecule has 40 heavy (non-hydrogen) atoms. The van der Waals surface area contributed by atoms with Crippen LogP contribution in [0.1, 0.15) is 60.9 Å². The monoisotopic (exact) mass is 527 g/mol. The van der Waals surface area contributed by atoms with Gasteiger partial charge in [0.25, 0.3) is 5.56 Å². The number of nitrogens with two attached hydrogens (primary N) is 1. The lowest BCUT2D eigenvalue weighted by Crippen LogP contribution is -2.28. The first-order valence-corrected chi connectivity index (χ1v) is 12.6. The van der Waals surface area contributed by atoms with Crippen molar-refractivity contribution in [2.45, 2.75) is 32.7 Å². The number of rotatable bonds is 5. The van der Waals surface area contributed by atoms with Crippen molar-refractivity contribution in [1.29, 1.82) is 5.26 Å². The van der Waals surface area contributed by atoms with Crippen molar-refractivity contribution >= 4 is 22.5 Å². The van der Waals surface area contributed by atoms with Crippen LogP contribution < -0.4 is 16.6 Å². The second-order valence-corrected chi connectivity index (χ2v) is 9.36. The van der Waals surface area contributed by atoms with Gasteiger partial charge in [0.05, 0.1) is 40.5 Å². The number of nitrogens with zero attached hydrogens (tertiary/aromatic N) is 7. The second-order valence-electron chi connectivity index (χ2n) is 9.36. The highest BCUT2D eigenvalue weighted by atomic mass is 16.1. The number of nitrogens with one attached hydrogen (secondary N) is 1. The molecule has 0 bridgehead atoms. The molecule has 10 heteroatoms. The van der Waals surface area contributed by atoms with Gasteiger partial charge in [-0.05, 0) is 48.6 Å². The Balaban J connectivity index is 1.67. The summed E-state index contributed by atoms with van der Waals surface area (Å²) in [5.41, 5.74) is 9.23. The summed E-state index contributed by atoms with van der Waals surface area (Å²) in [5.74, 6) is 7.02. The summed E-state index contributed by atoms with van der Waals surface area (Å²) >= 11 is 0. The summed E-state index contributed by atoms with van der Waals surface area (Å²) in [7, 11) is 0. The Morgan fingerprint density at radius 3 is 2.60 bits per heavy atom. The van der Waals surface area contributed by atoms with Gasteiger partial charge in [0, 0.05) is 12.4 Å². The fourth-order valence-electron chi connectivity index (χ4n) is 4.40. The van der Waals surface area contributed by atoms with Crippen LogP contribution in [-0.4, -0.2) is 29.5 Å². The van der Waals surface area contributed by atoms with Crippen molar-refractivity contribution in [3.8, 4) is 23.6 Å². The van der Waals surface area contributed by atoms with E-state index in [1.807, 2.05) is 39.0 Å². The Labute approximate surface area is 230 Å². The minimum absolute atomic E-state index is 0.109. The molecule has 10 nitrogen and oxygen atoms in total. The van der Waals surface area contributed by atoms with Gasteiger partial charge in [0.2, 0.25) is 0 Å². The molecular weight excluding hydrogens is 502 g/mol. The van der Waals surface area contributed by atoms with Crippen LogP contribution in [0.4, 0.5) is 11.6 Å². The molecule has 0 spiro atoms. The van der Waals surface area contributed by atoms with Crippen molar-refractivity contribution in [3.63, 3.8) is 0 Å². The average molecular weight is 528 g/mol. The lowest BCUT2D eigenvalue weighted by Gasteiger charge is -2.22. The number of anilines is 2. The first-order valence-electron chi connectivity index (χ1n) is 12.6. The van der Waals surface area contributed by atoms with E-state index in [-0.39, 0.29) is 17.3 Å². The molecular formula is C30H25N9O. The van der Waals surface area contributed by atoms with E-state index in [1.165, 1.54) is 6.33 Å². The smallest absolute Gasteiger partial charge is 0.266 e. The quantitative estimate of drug-likeness (QED) is 0.322. The van der Waals surface area contributed by atoms with E-state index >= 15 is 0 Å². The highest BCUT2D eigenvalue weighted by molar-refractivity contribution is 5.82. The minimum atomic E-state index is -0.531. The van der Waals surface area contributed by atoms with E-state index < -0.39 is 6.04 Å². The van der Waals surface area contributed by atoms with Crippen LogP contribution >= 0.6 is 0 Å². The van der Waals surface area contributed by atoms with Gasteiger partial charge in [-0.3, -0.25) is 14.3 Å². The molecule has 3 aromatic heterocycles. The zero-order valence-corrected chi connectivity index (χ0v) is 22.1. The number of fused-ring (bicyclic) bond motifs is 1. The van der Waals surface area contributed by atoms with E-state index in [0.29, 0.717) is 45.1 Å². The topological polar surface area (TPSA) is 148 Å². The van der Waals surface area contributed by atoms with Crippen molar-refractivity contribution in [1.82, 2.24) is 29.5 Å². The normalized spacial score (nSPS) is 11.5. The fraction of sp³-hybridized carbons (Fsp3) is 0.167. The van der Waals surface area contributed by atoms with Gasteiger partial charge in [-0.2, -0.15) is 5.26 Å². The molecule has 0 radical (unpaired) electrons. The van der Waals surface area contributed by atoms with E-state index in [0.717, 1.165) is 5.56 Å². The maximum atomic E-state index is 14.1. The Hall–Kier alpha value is -5.61. The molecule has 3 N–H and O–H groups in total. The first kappa shape index (κ1) is 26.0. The molecule has 196 valence electrons. The maximum Gasteiger partial charge on any atom is 0.266 e. The SMILES string of the molecule is CC(C)c1cccc2nc(C(C)Nc3ncnc(N)c3C#Cc3cnccn3)n(-c3cccc(C#N)c3)c(=O)c12. The van der Waals surface area contributed by atoms with Crippen LogP contribution in [0, 0.1) is 23.2 Å². The van der Waals surface area contributed by atoms with Crippen molar-refractivity contribution < 1.29 is 0 Å². The minimum Gasteiger partial charge on any atom is -0.382 e. The third-order valence-corrected chi connectivity index (χ3v) is 6.31.